The minimum absolute atomic E-state index is 0.280. The number of phenolic OH excluding ortho intramolecular Hbond substituents is 1. The van der Waals surface area contributed by atoms with E-state index in [0.717, 1.165) is 27.9 Å². The number of pyridine rings is 1. The molecule has 0 radical (unpaired) electrons. The van der Waals surface area contributed by atoms with Crippen LogP contribution in [-0.2, 0) is 6.54 Å². The molecule has 3 rings (SSSR count). The smallest absolute Gasteiger partial charge is 0.180 e. The fourth-order valence-corrected chi connectivity index (χ4v) is 2.67. The maximum atomic E-state index is 10.0. The molecular weight excluding hydrogens is 344 g/mol. The quantitative estimate of drug-likeness (QED) is 0.772. The van der Waals surface area contributed by atoms with Crippen LogP contribution in [-0.4, -0.2) is 26.6 Å². The van der Waals surface area contributed by atoms with Crippen molar-refractivity contribution in [1.29, 1.82) is 0 Å². The summed E-state index contributed by atoms with van der Waals surface area (Å²) in [6.07, 6.45) is 3.29. The van der Waals surface area contributed by atoms with Crippen LogP contribution in [0.1, 0.15) is 12.5 Å². The number of aromatic hydroxyl groups is 1. The molecule has 2 aromatic heterocycles. The average Bonchev–Trinajstić information content (AvgIpc) is 2.55. The number of aromatic nitrogens is 3. The Morgan fingerprint density at radius 1 is 1.14 bits per heavy atom. The highest BCUT2D eigenvalue weighted by Gasteiger charge is 2.11. The van der Waals surface area contributed by atoms with Crippen LogP contribution in [0.15, 0.2) is 47.2 Å². The number of fused-ring (bicyclic) bond motifs is 1. The third-order valence-electron chi connectivity index (χ3n) is 3.43. The van der Waals surface area contributed by atoms with Crippen LogP contribution < -0.4 is 4.90 Å². The molecule has 2 heterocycles. The van der Waals surface area contributed by atoms with Crippen LogP contribution in [0.3, 0.4) is 0 Å². The number of anilines is 1. The van der Waals surface area contributed by atoms with Gasteiger partial charge in [-0.3, -0.25) is 4.98 Å². The van der Waals surface area contributed by atoms with E-state index in [1.165, 1.54) is 0 Å². The summed E-state index contributed by atoms with van der Waals surface area (Å²) in [5.74, 6) is 1.09. The predicted octanol–water partition coefficient (Wildman–Crippen LogP) is 3.52. The van der Waals surface area contributed by atoms with Crippen LogP contribution in [0.2, 0.25) is 0 Å². The van der Waals surface area contributed by atoms with Gasteiger partial charge in [0, 0.05) is 35.5 Å². The summed E-state index contributed by atoms with van der Waals surface area (Å²) in [5, 5.41) is 10.0. The van der Waals surface area contributed by atoms with Crippen molar-refractivity contribution in [2.45, 2.75) is 13.5 Å². The van der Waals surface area contributed by atoms with Gasteiger partial charge in [0.25, 0.3) is 0 Å². The fraction of sp³-hybridized carbons (Fsp3) is 0.188. The zero-order chi connectivity index (χ0) is 15.5. The standard InChI is InChI=1S/C16H15BrN4O/c1-2-21(10-11-9-12(17)3-5-14(11)22)15-6-4-13-16(20-15)19-8-7-18-13/h3-9,22H,2,10H2,1H3. The normalized spacial score (nSPS) is 10.8. The second kappa shape index (κ2) is 6.27. The summed E-state index contributed by atoms with van der Waals surface area (Å²) >= 11 is 3.43. The third-order valence-corrected chi connectivity index (χ3v) is 3.92. The van der Waals surface area contributed by atoms with Gasteiger partial charge in [-0.05, 0) is 37.3 Å². The minimum atomic E-state index is 0.280. The number of hydrogen-bond donors (Lipinski definition) is 1. The zero-order valence-electron chi connectivity index (χ0n) is 12.1. The fourth-order valence-electron chi connectivity index (χ4n) is 2.26. The van der Waals surface area contributed by atoms with E-state index >= 15 is 0 Å². The molecule has 3 aromatic rings. The third kappa shape index (κ3) is 3.01. The molecule has 112 valence electrons. The summed E-state index contributed by atoms with van der Waals surface area (Å²) in [6.45, 7) is 3.39. The highest BCUT2D eigenvalue weighted by molar-refractivity contribution is 9.10. The van der Waals surface area contributed by atoms with E-state index in [2.05, 4.69) is 42.7 Å². The molecule has 0 aliphatic rings. The molecule has 0 atom stereocenters. The summed E-state index contributed by atoms with van der Waals surface area (Å²) in [6, 6.07) is 9.26. The number of hydrogen-bond acceptors (Lipinski definition) is 5. The van der Waals surface area contributed by atoms with Gasteiger partial charge in [0.05, 0.1) is 0 Å². The van der Waals surface area contributed by atoms with Crippen LogP contribution in [0.25, 0.3) is 11.2 Å². The molecule has 0 saturated carbocycles. The van der Waals surface area contributed by atoms with Crippen molar-refractivity contribution in [2.24, 2.45) is 0 Å². The van der Waals surface area contributed by atoms with E-state index < -0.39 is 0 Å². The zero-order valence-corrected chi connectivity index (χ0v) is 13.7. The summed E-state index contributed by atoms with van der Waals surface area (Å²) in [5.41, 5.74) is 2.24. The largest absolute Gasteiger partial charge is 0.508 e. The molecule has 22 heavy (non-hydrogen) atoms. The van der Waals surface area contributed by atoms with Gasteiger partial charge in [-0.1, -0.05) is 15.9 Å². The second-order valence-electron chi connectivity index (χ2n) is 4.86. The van der Waals surface area contributed by atoms with Crippen LogP contribution in [0.5, 0.6) is 5.75 Å². The van der Waals surface area contributed by atoms with Crippen molar-refractivity contribution >= 4 is 32.9 Å². The first-order valence-corrected chi connectivity index (χ1v) is 7.77. The molecule has 5 nitrogen and oxygen atoms in total. The van der Waals surface area contributed by atoms with Gasteiger partial charge in [-0.15, -0.1) is 0 Å². The SMILES string of the molecule is CCN(Cc1cc(Br)ccc1O)c1ccc2nccnc2n1. The predicted molar refractivity (Wildman–Crippen MR) is 89.9 cm³/mol. The van der Waals surface area contributed by atoms with Crippen molar-refractivity contribution in [3.8, 4) is 5.75 Å². The van der Waals surface area contributed by atoms with Gasteiger partial charge in [0.2, 0.25) is 0 Å². The molecule has 1 aromatic carbocycles. The van der Waals surface area contributed by atoms with Crippen LogP contribution in [0, 0.1) is 0 Å². The Bertz CT molecular complexity index is 809. The lowest BCUT2D eigenvalue weighted by Gasteiger charge is -2.22. The molecule has 0 saturated heterocycles. The lowest BCUT2D eigenvalue weighted by atomic mass is 10.2. The number of halogens is 1. The molecule has 0 fully saturated rings. The number of benzene rings is 1. The summed E-state index contributed by atoms with van der Waals surface area (Å²) < 4.78 is 0.939. The maximum Gasteiger partial charge on any atom is 0.180 e. The highest BCUT2D eigenvalue weighted by atomic mass is 79.9. The maximum absolute atomic E-state index is 10.0. The van der Waals surface area contributed by atoms with Crippen molar-refractivity contribution in [3.63, 3.8) is 0 Å². The number of rotatable bonds is 4. The number of nitrogens with zero attached hydrogens (tertiary/aromatic N) is 4. The molecule has 0 aliphatic carbocycles. The Balaban J connectivity index is 1.93. The van der Waals surface area contributed by atoms with Gasteiger partial charge >= 0.3 is 0 Å². The van der Waals surface area contributed by atoms with E-state index in [9.17, 15) is 5.11 Å². The first-order chi connectivity index (χ1) is 10.7. The first kappa shape index (κ1) is 14.7. The molecule has 0 unspecified atom stereocenters. The Morgan fingerprint density at radius 3 is 2.77 bits per heavy atom. The van der Waals surface area contributed by atoms with Crippen molar-refractivity contribution in [1.82, 2.24) is 15.0 Å². The van der Waals surface area contributed by atoms with E-state index in [1.54, 1.807) is 18.5 Å². The molecule has 0 amide bonds. The minimum Gasteiger partial charge on any atom is -0.508 e. The van der Waals surface area contributed by atoms with Gasteiger partial charge in [0.1, 0.15) is 17.1 Å². The molecule has 0 aliphatic heterocycles. The van der Waals surface area contributed by atoms with E-state index in [-0.39, 0.29) is 5.75 Å². The molecular formula is C16H15BrN4O. The van der Waals surface area contributed by atoms with Crippen molar-refractivity contribution < 1.29 is 5.11 Å². The molecule has 6 heteroatoms. The first-order valence-electron chi connectivity index (χ1n) is 6.97. The van der Waals surface area contributed by atoms with Crippen LogP contribution >= 0.6 is 15.9 Å². The Morgan fingerprint density at radius 2 is 1.95 bits per heavy atom. The monoisotopic (exact) mass is 358 g/mol. The lowest BCUT2D eigenvalue weighted by molar-refractivity contribution is 0.467. The highest BCUT2D eigenvalue weighted by Crippen LogP contribution is 2.25. The van der Waals surface area contributed by atoms with E-state index in [0.29, 0.717) is 12.2 Å². The van der Waals surface area contributed by atoms with E-state index in [4.69, 9.17) is 0 Å². The van der Waals surface area contributed by atoms with Crippen molar-refractivity contribution in [3.05, 3.63) is 52.8 Å². The van der Waals surface area contributed by atoms with E-state index in [1.807, 2.05) is 24.3 Å². The molecule has 1 N–H and O–H groups in total. The van der Waals surface area contributed by atoms with Gasteiger partial charge < -0.3 is 10.0 Å². The average molecular weight is 359 g/mol. The van der Waals surface area contributed by atoms with Gasteiger partial charge in [-0.2, -0.15) is 0 Å². The van der Waals surface area contributed by atoms with Crippen molar-refractivity contribution in [2.75, 3.05) is 11.4 Å². The van der Waals surface area contributed by atoms with Gasteiger partial charge in [-0.25, -0.2) is 9.97 Å². The Hall–Kier alpha value is -2.21. The number of phenols is 1. The second-order valence-corrected chi connectivity index (χ2v) is 5.77. The Kier molecular flexibility index (Phi) is 4.20. The Labute approximate surface area is 136 Å². The van der Waals surface area contributed by atoms with Gasteiger partial charge in [0.15, 0.2) is 5.65 Å². The molecule has 0 spiro atoms. The summed E-state index contributed by atoms with van der Waals surface area (Å²) in [7, 11) is 0. The lowest BCUT2D eigenvalue weighted by Crippen LogP contribution is -2.23. The summed E-state index contributed by atoms with van der Waals surface area (Å²) in [4.78, 5) is 15.1. The van der Waals surface area contributed by atoms with Crippen LogP contribution in [0.4, 0.5) is 5.82 Å². The molecule has 0 bridgehead atoms. The topological polar surface area (TPSA) is 62.1 Å².